The van der Waals surface area contributed by atoms with Crippen LogP contribution in [0.15, 0.2) is 6.07 Å². The molecule has 0 bridgehead atoms. The normalized spacial score (nSPS) is 33.8. The average Bonchev–Trinajstić information content (AvgIpc) is 3.22. The standard InChI is InChI=1S/C19H28F3N3S/c1-24-16(11-17(23-24)19(20,21)22)14-3-5-15(6-4-14)25-9-2-7-18(12-25)8-10-26-13-18/h11,14-15H,2-10,12-13H2,1H3/t14?,15?,18-/m0/s1. The van der Waals surface area contributed by atoms with Gasteiger partial charge in [0, 0.05) is 37.0 Å². The smallest absolute Gasteiger partial charge is 0.300 e. The summed E-state index contributed by atoms with van der Waals surface area (Å²) >= 11 is 2.10. The van der Waals surface area contributed by atoms with Crippen LogP contribution in [-0.2, 0) is 13.2 Å². The van der Waals surface area contributed by atoms with Crippen LogP contribution in [-0.4, -0.2) is 45.3 Å². The van der Waals surface area contributed by atoms with Gasteiger partial charge in [0.15, 0.2) is 5.69 Å². The first kappa shape index (κ1) is 18.7. The Morgan fingerprint density at radius 1 is 1.19 bits per heavy atom. The van der Waals surface area contributed by atoms with Crippen molar-refractivity contribution < 1.29 is 13.2 Å². The SMILES string of the molecule is Cn1nc(C(F)(F)F)cc1C1CCC(N2CCC[C@]3(CCSC3)C2)CC1. The van der Waals surface area contributed by atoms with Crippen LogP contribution in [0.2, 0.25) is 0 Å². The Labute approximate surface area is 157 Å². The molecule has 2 aliphatic heterocycles. The average molecular weight is 388 g/mol. The number of halogens is 3. The summed E-state index contributed by atoms with van der Waals surface area (Å²) in [5.41, 5.74) is 0.538. The number of hydrogen-bond donors (Lipinski definition) is 0. The molecular weight excluding hydrogens is 359 g/mol. The highest BCUT2D eigenvalue weighted by Gasteiger charge is 2.41. The molecule has 1 saturated carbocycles. The second kappa shape index (κ2) is 7.04. The fraction of sp³-hybridized carbons (Fsp3) is 0.842. The molecule has 4 rings (SSSR count). The van der Waals surface area contributed by atoms with Crippen LogP contribution in [0.25, 0.3) is 0 Å². The molecule has 3 aliphatic rings. The van der Waals surface area contributed by atoms with Crippen LogP contribution >= 0.6 is 11.8 Å². The van der Waals surface area contributed by atoms with Crippen molar-refractivity contribution in [2.75, 3.05) is 24.6 Å². The van der Waals surface area contributed by atoms with E-state index in [1.165, 1.54) is 54.6 Å². The van der Waals surface area contributed by atoms with E-state index in [0.29, 0.717) is 11.5 Å². The van der Waals surface area contributed by atoms with E-state index >= 15 is 0 Å². The predicted molar refractivity (Wildman–Crippen MR) is 98.4 cm³/mol. The summed E-state index contributed by atoms with van der Waals surface area (Å²) < 4.78 is 40.2. The van der Waals surface area contributed by atoms with Crippen LogP contribution < -0.4 is 0 Å². The molecule has 1 atom stereocenters. The Balaban J connectivity index is 1.38. The minimum atomic E-state index is -4.35. The number of hydrogen-bond acceptors (Lipinski definition) is 3. The molecule has 0 unspecified atom stereocenters. The summed E-state index contributed by atoms with van der Waals surface area (Å²) in [4.78, 5) is 2.70. The van der Waals surface area contributed by atoms with E-state index in [9.17, 15) is 13.2 Å². The third-order valence-electron chi connectivity index (χ3n) is 6.71. The lowest BCUT2D eigenvalue weighted by molar-refractivity contribution is -0.141. The van der Waals surface area contributed by atoms with E-state index in [1.54, 1.807) is 7.05 Å². The summed E-state index contributed by atoms with van der Waals surface area (Å²) in [6, 6.07) is 1.88. The molecule has 0 aromatic carbocycles. The first-order valence-corrected chi connectivity index (χ1v) is 10.9. The van der Waals surface area contributed by atoms with Crippen molar-refractivity contribution in [3.63, 3.8) is 0 Å². The van der Waals surface area contributed by atoms with Gasteiger partial charge in [0.2, 0.25) is 0 Å². The van der Waals surface area contributed by atoms with Crippen molar-refractivity contribution in [3.05, 3.63) is 17.5 Å². The number of aromatic nitrogens is 2. The van der Waals surface area contributed by atoms with Crippen molar-refractivity contribution >= 4 is 11.8 Å². The highest BCUT2D eigenvalue weighted by atomic mass is 32.2. The molecule has 26 heavy (non-hydrogen) atoms. The number of likely N-dealkylation sites (tertiary alicyclic amines) is 1. The van der Waals surface area contributed by atoms with Gasteiger partial charge in [-0.25, -0.2) is 0 Å². The minimum Gasteiger partial charge on any atom is -0.300 e. The van der Waals surface area contributed by atoms with E-state index in [1.807, 2.05) is 0 Å². The molecule has 0 radical (unpaired) electrons. The summed E-state index contributed by atoms with van der Waals surface area (Å²) in [6.07, 6.45) is 3.83. The van der Waals surface area contributed by atoms with Crippen molar-refractivity contribution in [1.82, 2.24) is 14.7 Å². The van der Waals surface area contributed by atoms with Crippen LogP contribution in [0.5, 0.6) is 0 Å². The van der Waals surface area contributed by atoms with Crippen molar-refractivity contribution in [2.24, 2.45) is 12.5 Å². The third kappa shape index (κ3) is 3.66. The monoisotopic (exact) mass is 387 g/mol. The zero-order valence-electron chi connectivity index (χ0n) is 15.4. The number of thioether (sulfide) groups is 1. The maximum Gasteiger partial charge on any atom is 0.435 e. The molecule has 3 nitrogen and oxygen atoms in total. The Bertz CT molecular complexity index is 628. The Morgan fingerprint density at radius 2 is 1.96 bits per heavy atom. The molecule has 3 heterocycles. The number of piperidine rings is 1. The summed E-state index contributed by atoms with van der Waals surface area (Å²) in [5, 5.41) is 3.69. The van der Waals surface area contributed by atoms with Gasteiger partial charge in [-0.3, -0.25) is 9.58 Å². The minimum absolute atomic E-state index is 0.209. The Kier molecular flexibility index (Phi) is 5.05. The van der Waals surface area contributed by atoms with Gasteiger partial charge >= 0.3 is 6.18 Å². The Morgan fingerprint density at radius 3 is 2.58 bits per heavy atom. The summed E-state index contributed by atoms with van der Waals surface area (Å²) in [5.74, 6) is 2.83. The first-order chi connectivity index (χ1) is 12.4. The number of alkyl halides is 3. The van der Waals surface area contributed by atoms with Gasteiger partial charge in [-0.05, 0) is 68.7 Å². The molecular formula is C19H28F3N3S. The largest absolute Gasteiger partial charge is 0.435 e. The maximum atomic E-state index is 12.9. The fourth-order valence-corrected chi connectivity index (χ4v) is 6.80. The number of aryl methyl sites for hydroxylation is 1. The highest BCUT2D eigenvalue weighted by Crippen LogP contribution is 2.45. The van der Waals surface area contributed by atoms with Gasteiger partial charge in [0.1, 0.15) is 0 Å². The van der Waals surface area contributed by atoms with Crippen LogP contribution in [0.3, 0.4) is 0 Å². The van der Waals surface area contributed by atoms with Crippen LogP contribution in [0.1, 0.15) is 62.3 Å². The highest BCUT2D eigenvalue weighted by molar-refractivity contribution is 7.99. The molecule has 1 aromatic rings. The number of nitrogens with zero attached hydrogens (tertiary/aromatic N) is 3. The van der Waals surface area contributed by atoms with Gasteiger partial charge in [0.05, 0.1) is 0 Å². The lowest BCUT2D eigenvalue weighted by atomic mass is 9.77. The lowest BCUT2D eigenvalue weighted by Gasteiger charge is -2.45. The zero-order valence-corrected chi connectivity index (χ0v) is 16.2. The van der Waals surface area contributed by atoms with Gasteiger partial charge in [-0.2, -0.15) is 30.0 Å². The van der Waals surface area contributed by atoms with E-state index in [-0.39, 0.29) is 5.92 Å². The molecule has 1 aliphatic carbocycles. The third-order valence-corrected chi connectivity index (χ3v) is 8.02. The molecule has 146 valence electrons. The second-order valence-corrected chi connectivity index (χ2v) is 9.56. The van der Waals surface area contributed by atoms with Crippen LogP contribution in [0.4, 0.5) is 13.2 Å². The van der Waals surface area contributed by atoms with Gasteiger partial charge < -0.3 is 0 Å². The Hall–Kier alpha value is -0.690. The van der Waals surface area contributed by atoms with Crippen LogP contribution in [0, 0.1) is 5.41 Å². The van der Waals surface area contributed by atoms with Crippen molar-refractivity contribution in [1.29, 1.82) is 0 Å². The number of rotatable bonds is 2. The first-order valence-electron chi connectivity index (χ1n) is 9.79. The van der Waals surface area contributed by atoms with E-state index in [0.717, 1.165) is 31.4 Å². The molecule has 1 spiro atoms. The molecule has 3 fully saturated rings. The van der Waals surface area contributed by atoms with Crippen molar-refractivity contribution in [2.45, 2.75) is 63.1 Å². The maximum absolute atomic E-state index is 12.9. The lowest BCUT2D eigenvalue weighted by Crippen LogP contribution is -2.49. The van der Waals surface area contributed by atoms with E-state index in [2.05, 4.69) is 21.8 Å². The predicted octanol–water partition coefficient (Wildman–Crippen LogP) is 4.68. The fourth-order valence-electron chi connectivity index (χ4n) is 5.27. The van der Waals surface area contributed by atoms with E-state index in [4.69, 9.17) is 0 Å². The van der Waals surface area contributed by atoms with Gasteiger partial charge in [-0.1, -0.05) is 0 Å². The van der Waals surface area contributed by atoms with Gasteiger partial charge in [-0.15, -0.1) is 0 Å². The topological polar surface area (TPSA) is 21.1 Å². The molecule has 0 N–H and O–H groups in total. The van der Waals surface area contributed by atoms with Crippen molar-refractivity contribution in [3.8, 4) is 0 Å². The van der Waals surface area contributed by atoms with E-state index < -0.39 is 11.9 Å². The summed E-state index contributed by atoms with van der Waals surface area (Å²) in [6.45, 7) is 2.44. The molecule has 1 aromatic heterocycles. The molecule has 7 heteroatoms. The van der Waals surface area contributed by atoms with Gasteiger partial charge in [0.25, 0.3) is 0 Å². The quantitative estimate of drug-likeness (QED) is 0.735. The second-order valence-electron chi connectivity index (χ2n) is 8.46. The zero-order chi connectivity index (χ0) is 18.4. The molecule has 2 saturated heterocycles. The molecule has 0 amide bonds. The summed E-state index contributed by atoms with van der Waals surface area (Å²) in [7, 11) is 1.64.